The lowest BCUT2D eigenvalue weighted by atomic mass is 10.1. The summed E-state index contributed by atoms with van der Waals surface area (Å²) in [7, 11) is 0. The van der Waals surface area contributed by atoms with Crippen LogP contribution in [0.1, 0.15) is 32.8 Å². The van der Waals surface area contributed by atoms with Crippen LogP contribution in [0.3, 0.4) is 0 Å². The molecule has 2 amide bonds. The third kappa shape index (κ3) is 4.95. The number of rotatable bonds is 7. The predicted molar refractivity (Wildman–Crippen MR) is 118 cm³/mol. The Labute approximate surface area is 179 Å². The highest BCUT2D eigenvalue weighted by molar-refractivity contribution is 8.19. The van der Waals surface area contributed by atoms with Crippen LogP contribution in [0.15, 0.2) is 47.4 Å². The van der Waals surface area contributed by atoms with Crippen molar-refractivity contribution in [2.45, 2.75) is 33.3 Å². The number of thioether (sulfide) groups is 1. The molecule has 7 heteroatoms. The van der Waals surface area contributed by atoms with Gasteiger partial charge in [-0.05, 0) is 74.0 Å². The zero-order valence-corrected chi connectivity index (χ0v) is 18.0. The molecule has 0 aliphatic carbocycles. The summed E-state index contributed by atoms with van der Waals surface area (Å²) < 4.78 is 11.6. The first-order valence-electron chi connectivity index (χ1n) is 9.40. The lowest BCUT2D eigenvalue weighted by Crippen LogP contribution is -2.27. The molecule has 29 heavy (non-hydrogen) atoms. The van der Waals surface area contributed by atoms with Gasteiger partial charge in [-0.1, -0.05) is 30.7 Å². The Balaban J connectivity index is 1.88. The summed E-state index contributed by atoms with van der Waals surface area (Å²) >= 11 is 6.90. The van der Waals surface area contributed by atoms with Crippen LogP contribution in [0, 0.1) is 0 Å². The Morgan fingerprint density at radius 3 is 2.62 bits per heavy atom. The van der Waals surface area contributed by atoms with E-state index < -0.39 is 0 Å². The van der Waals surface area contributed by atoms with Crippen molar-refractivity contribution in [1.82, 2.24) is 0 Å². The van der Waals surface area contributed by atoms with E-state index in [-0.39, 0.29) is 17.3 Å². The van der Waals surface area contributed by atoms with Crippen molar-refractivity contribution in [3.63, 3.8) is 0 Å². The largest absolute Gasteiger partial charge is 0.490 e. The lowest BCUT2D eigenvalue weighted by Gasteiger charge is -2.16. The fourth-order valence-electron chi connectivity index (χ4n) is 2.74. The quantitative estimate of drug-likeness (QED) is 0.491. The van der Waals surface area contributed by atoms with E-state index in [0.717, 1.165) is 28.6 Å². The van der Waals surface area contributed by atoms with E-state index in [1.165, 1.54) is 0 Å². The maximum absolute atomic E-state index is 12.8. The van der Waals surface area contributed by atoms with Gasteiger partial charge in [-0.15, -0.1) is 0 Å². The molecule has 1 aliphatic rings. The first-order valence-corrected chi connectivity index (χ1v) is 10.6. The van der Waals surface area contributed by atoms with Crippen LogP contribution in [-0.2, 0) is 4.79 Å². The fraction of sp³-hybridized carbons (Fsp3) is 0.273. The number of hydrogen-bond acceptors (Lipinski definition) is 5. The third-order valence-corrected chi connectivity index (χ3v) is 5.43. The molecule has 2 aromatic rings. The number of hydrogen-bond donors (Lipinski definition) is 0. The minimum absolute atomic E-state index is 0.0641. The highest BCUT2D eigenvalue weighted by Gasteiger charge is 2.36. The second-order valence-electron chi connectivity index (χ2n) is 6.47. The molecule has 0 spiro atoms. The molecule has 1 fully saturated rings. The molecule has 0 radical (unpaired) electrons. The van der Waals surface area contributed by atoms with E-state index in [9.17, 15) is 9.59 Å². The first-order chi connectivity index (χ1) is 13.9. The van der Waals surface area contributed by atoms with Crippen molar-refractivity contribution in [3.05, 3.63) is 58.0 Å². The van der Waals surface area contributed by atoms with Crippen LogP contribution < -0.4 is 14.4 Å². The van der Waals surface area contributed by atoms with Gasteiger partial charge >= 0.3 is 0 Å². The second kappa shape index (κ2) is 9.37. The Kier molecular flexibility index (Phi) is 6.87. The number of amides is 2. The average molecular weight is 432 g/mol. The molecule has 2 aromatic carbocycles. The van der Waals surface area contributed by atoms with Crippen LogP contribution >= 0.6 is 23.4 Å². The summed E-state index contributed by atoms with van der Waals surface area (Å²) in [6, 6.07) is 12.1. The molecule has 0 N–H and O–H groups in total. The Bertz CT molecular complexity index is 960. The van der Waals surface area contributed by atoms with Crippen LogP contribution in [0.25, 0.3) is 6.08 Å². The van der Waals surface area contributed by atoms with Gasteiger partial charge in [-0.25, -0.2) is 4.90 Å². The van der Waals surface area contributed by atoms with E-state index in [1.807, 2.05) is 32.0 Å². The molecule has 0 unspecified atom stereocenters. The maximum atomic E-state index is 12.8. The van der Waals surface area contributed by atoms with Crippen molar-refractivity contribution >= 4 is 46.3 Å². The third-order valence-electron chi connectivity index (χ3n) is 4.33. The van der Waals surface area contributed by atoms with Crippen molar-refractivity contribution in [2.24, 2.45) is 0 Å². The summed E-state index contributed by atoms with van der Waals surface area (Å²) in [5, 5.41) is 0.106. The molecular weight excluding hydrogens is 410 g/mol. The monoisotopic (exact) mass is 431 g/mol. The minimum atomic E-state index is -0.375. The standard InChI is InChI=1S/C22H22ClNO4S/c1-4-14(3)28-18-10-9-15(11-19(18)27-5-2)12-20-21(25)24(22(26)29-20)17-8-6-7-16(23)13-17/h6-14H,4-5H2,1-3H3/b20-12-/t14-/m0/s1. The van der Waals surface area contributed by atoms with Gasteiger partial charge in [0.25, 0.3) is 11.1 Å². The molecule has 1 saturated heterocycles. The molecule has 0 aromatic heterocycles. The van der Waals surface area contributed by atoms with E-state index in [0.29, 0.717) is 33.7 Å². The predicted octanol–water partition coefficient (Wildman–Crippen LogP) is 6.16. The summed E-state index contributed by atoms with van der Waals surface area (Å²) in [5.74, 6) is 0.890. The van der Waals surface area contributed by atoms with Crippen molar-refractivity contribution < 1.29 is 19.1 Å². The Hall–Kier alpha value is -2.44. The van der Waals surface area contributed by atoms with Crippen LogP contribution in [0.5, 0.6) is 11.5 Å². The summed E-state index contributed by atoms with van der Waals surface area (Å²) in [6.45, 7) is 6.44. The zero-order valence-electron chi connectivity index (χ0n) is 16.5. The Morgan fingerprint density at radius 2 is 1.93 bits per heavy atom. The number of halogens is 1. The number of nitrogens with zero attached hydrogens (tertiary/aromatic N) is 1. The number of imide groups is 1. The molecular formula is C22H22ClNO4S. The van der Waals surface area contributed by atoms with E-state index in [1.54, 1.807) is 30.3 Å². The van der Waals surface area contributed by atoms with Gasteiger partial charge < -0.3 is 9.47 Å². The highest BCUT2D eigenvalue weighted by atomic mass is 35.5. The summed E-state index contributed by atoms with van der Waals surface area (Å²) in [5.41, 5.74) is 1.21. The maximum Gasteiger partial charge on any atom is 0.298 e. The molecule has 1 aliphatic heterocycles. The van der Waals surface area contributed by atoms with E-state index >= 15 is 0 Å². The first kappa shape index (κ1) is 21.3. The van der Waals surface area contributed by atoms with Gasteiger partial charge in [0.15, 0.2) is 11.5 Å². The number of carbonyl (C=O) groups is 2. The number of ether oxygens (including phenoxy) is 2. The smallest absolute Gasteiger partial charge is 0.298 e. The van der Waals surface area contributed by atoms with Crippen LogP contribution in [0.2, 0.25) is 5.02 Å². The van der Waals surface area contributed by atoms with Crippen molar-refractivity contribution in [3.8, 4) is 11.5 Å². The topological polar surface area (TPSA) is 55.8 Å². The minimum Gasteiger partial charge on any atom is -0.490 e. The molecule has 0 bridgehead atoms. The number of carbonyl (C=O) groups excluding carboxylic acids is 2. The normalized spacial score (nSPS) is 16.4. The van der Waals surface area contributed by atoms with Gasteiger partial charge in [0, 0.05) is 5.02 Å². The Morgan fingerprint density at radius 1 is 1.14 bits per heavy atom. The average Bonchev–Trinajstić information content (AvgIpc) is 2.97. The lowest BCUT2D eigenvalue weighted by molar-refractivity contribution is -0.113. The molecule has 0 saturated carbocycles. The molecule has 3 rings (SSSR count). The fourth-order valence-corrected chi connectivity index (χ4v) is 3.76. The zero-order chi connectivity index (χ0) is 21.0. The van der Waals surface area contributed by atoms with Crippen molar-refractivity contribution in [2.75, 3.05) is 11.5 Å². The van der Waals surface area contributed by atoms with Gasteiger partial charge in [-0.3, -0.25) is 9.59 Å². The highest BCUT2D eigenvalue weighted by Crippen LogP contribution is 2.37. The van der Waals surface area contributed by atoms with Gasteiger partial charge in [0.2, 0.25) is 0 Å². The molecule has 1 heterocycles. The van der Waals surface area contributed by atoms with Crippen molar-refractivity contribution in [1.29, 1.82) is 0 Å². The van der Waals surface area contributed by atoms with Gasteiger partial charge in [0.05, 0.1) is 23.3 Å². The van der Waals surface area contributed by atoms with E-state index in [2.05, 4.69) is 6.92 Å². The second-order valence-corrected chi connectivity index (χ2v) is 7.90. The summed E-state index contributed by atoms with van der Waals surface area (Å²) in [6.07, 6.45) is 2.63. The molecule has 1 atom stereocenters. The van der Waals surface area contributed by atoms with Crippen LogP contribution in [0.4, 0.5) is 10.5 Å². The molecule has 5 nitrogen and oxygen atoms in total. The SMILES string of the molecule is CCOc1cc(/C=C2\SC(=O)N(c3cccc(Cl)c3)C2=O)ccc1O[C@@H](C)CC. The van der Waals surface area contributed by atoms with Gasteiger partial charge in [0.1, 0.15) is 0 Å². The number of anilines is 1. The number of benzene rings is 2. The van der Waals surface area contributed by atoms with Crippen LogP contribution in [-0.4, -0.2) is 23.9 Å². The van der Waals surface area contributed by atoms with Gasteiger partial charge in [-0.2, -0.15) is 0 Å². The summed E-state index contributed by atoms with van der Waals surface area (Å²) in [4.78, 5) is 26.7. The van der Waals surface area contributed by atoms with E-state index in [4.69, 9.17) is 21.1 Å². The molecule has 152 valence electrons.